The number of halogens is 2. The first-order valence-electron chi connectivity index (χ1n) is 3.76. The maximum Gasteiger partial charge on any atom is 0.199 e. The summed E-state index contributed by atoms with van der Waals surface area (Å²) in [6.07, 6.45) is 1.44. The van der Waals surface area contributed by atoms with Gasteiger partial charge in [-0.25, -0.2) is 4.39 Å². The van der Waals surface area contributed by atoms with Crippen molar-refractivity contribution in [1.29, 1.82) is 0 Å². The number of para-hydroxylation sites is 1. The Labute approximate surface area is 92.7 Å². The molecule has 0 atom stereocenters. The zero-order chi connectivity index (χ0) is 10.1. The number of hydrogen-bond donors (Lipinski definition) is 1. The van der Waals surface area contributed by atoms with Gasteiger partial charge in [0.05, 0.1) is 5.69 Å². The van der Waals surface area contributed by atoms with Crippen molar-refractivity contribution < 1.29 is 4.39 Å². The van der Waals surface area contributed by atoms with Crippen LogP contribution in [0, 0.1) is 10.6 Å². The van der Waals surface area contributed by atoms with Crippen LogP contribution in [0.3, 0.4) is 0 Å². The van der Waals surface area contributed by atoms with Gasteiger partial charge in [-0.3, -0.25) is 9.67 Å². The molecule has 0 radical (unpaired) electrons. The van der Waals surface area contributed by atoms with Crippen molar-refractivity contribution in [3.8, 4) is 5.69 Å². The first kappa shape index (κ1) is 9.54. The Balaban J connectivity index is 2.74. The van der Waals surface area contributed by atoms with Gasteiger partial charge in [0.1, 0.15) is 12.1 Å². The fraction of sp³-hybridized carbons (Fsp3) is 0. The zero-order valence-electron chi connectivity index (χ0n) is 6.87. The van der Waals surface area contributed by atoms with Crippen molar-refractivity contribution in [2.24, 2.45) is 0 Å². The van der Waals surface area contributed by atoms with E-state index in [1.807, 2.05) is 0 Å². The minimum atomic E-state index is -0.350. The Morgan fingerprint density at radius 1 is 1.50 bits per heavy atom. The Bertz CT molecular complexity index is 499. The third-order valence-electron chi connectivity index (χ3n) is 1.73. The van der Waals surface area contributed by atoms with Crippen molar-refractivity contribution in [2.75, 3.05) is 0 Å². The van der Waals surface area contributed by atoms with Crippen LogP contribution in [0.4, 0.5) is 4.39 Å². The number of benzene rings is 1. The molecule has 72 valence electrons. The van der Waals surface area contributed by atoms with E-state index in [0.717, 1.165) is 0 Å². The molecule has 2 aromatic rings. The number of nitrogens with one attached hydrogen (secondary N) is 1. The fourth-order valence-corrected chi connectivity index (χ4v) is 1.85. The van der Waals surface area contributed by atoms with Crippen LogP contribution in [0.2, 0.25) is 0 Å². The molecule has 0 amide bonds. The minimum Gasteiger partial charge on any atom is -0.271 e. The highest BCUT2D eigenvalue weighted by molar-refractivity contribution is 9.10. The monoisotopic (exact) mass is 273 g/mol. The third kappa shape index (κ3) is 1.51. The van der Waals surface area contributed by atoms with Gasteiger partial charge in [0.25, 0.3) is 0 Å². The summed E-state index contributed by atoms with van der Waals surface area (Å²) in [5, 5.41) is 6.29. The van der Waals surface area contributed by atoms with E-state index in [2.05, 4.69) is 26.1 Å². The molecule has 3 nitrogen and oxygen atoms in total. The van der Waals surface area contributed by atoms with E-state index in [1.54, 1.807) is 12.1 Å². The van der Waals surface area contributed by atoms with E-state index >= 15 is 0 Å². The van der Waals surface area contributed by atoms with Crippen molar-refractivity contribution in [3.05, 3.63) is 39.6 Å². The fourth-order valence-electron chi connectivity index (χ4n) is 1.13. The van der Waals surface area contributed by atoms with E-state index in [-0.39, 0.29) is 5.82 Å². The topological polar surface area (TPSA) is 33.6 Å². The number of hydrogen-bond acceptors (Lipinski definition) is 2. The quantitative estimate of drug-likeness (QED) is 0.811. The number of rotatable bonds is 1. The molecule has 6 heteroatoms. The summed E-state index contributed by atoms with van der Waals surface area (Å²) in [7, 11) is 0. The van der Waals surface area contributed by atoms with Gasteiger partial charge in [0.15, 0.2) is 4.77 Å². The molecule has 0 aliphatic carbocycles. The largest absolute Gasteiger partial charge is 0.271 e. The number of nitrogens with zero attached hydrogens (tertiary/aromatic N) is 2. The molecule has 0 bridgehead atoms. The van der Waals surface area contributed by atoms with E-state index in [9.17, 15) is 4.39 Å². The molecule has 0 unspecified atom stereocenters. The lowest BCUT2D eigenvalue weighted by Crippen LogP contribution is -1.97. The first-order valence-corrected chi connectivity index (χ1v) is 4.96. The molecule has 0 aliphatic rings. The Morgan fingerprint density at radius 3 is 2.86 bits per heavy atom. The molecule has 1 aromatic heterocycles. The molecule has 1 heterocycles. The number of aromatic amines is 1. The summed E-state index contributed by atoms with van der Waals surface area (Å²) in [5.74, 6) is -0.350. The van der Waals surface area contributed by atoms with Gasteiger partial charge in [-0.1, -0.05) is 6.07 Å². The molecule has 0 saturated carbocycles. The van der Waals surface area contributed by atoms with E-state index in [1.165, 1.54) is 17.0 Å². The van der Waals surface area contributed by atoms with Crippen LogP contribution in [0.1, 0.15) is 0 Å². The number of aromatic nitrogens is 3. The van der Waals surface area contributed by atoms with E-state index in [4.69, 9.17) is 12.2 Å². The molecular weight excluding hydrogens is 269 g/mol. The van der Waals surface area contributed by atoms with Crippen LogP contribution in [0.15, 0.2) is 29.0 Å². The predicted molar refractivity (Wildman–Crippen MR) is 56.4 cm³/mol. The molecule has 0 aliphatic heterocycles. The van der Waals surface area contributed by atoms with Crippen LogP contribution in [-0.4, -0.2) is 14.8 Å². The molecule has 0 saturated heterocycles. The molecule has 2 rings (SSSR count). The lowest BCUT2D eigenvalue weighted by molar-refractivity contribution is 0.616. The van der Waals surface area contributed by atoms with E-state index in [0.29, 0.717) is 14.9 Å². The van der Waals surface area contributed by atoms with Gasteiger partial charge in [0, 0.05) is 4.47 Å². The molecule has 0 spiro atoms. The number of H-pyrrole nitrogens is 1. The normalized spacial score (nSPS) is 10.4. The summed E-state index contributed by atoms with van der Waals surface area (Å²) in [4.78, 5) is 0. The second kappa shape index (κ2) is 3.62. The molecule has 14 heavy (non-hydrogen) atoms. The summed E-state index contributed by atoms with van der Waals surface area (Å²) >= 11 is 8.20. The molecule has 1 aromatic carbocycles. The SMILES string of the molecule is Fc1cccc(Br)c1-n1cn[nH]c1=S. The van der Waals surface area contributed by atoms with Gasteiger partial charge in [-0.05, 0) is 40.3 Å². The second-order valence-corrected chi connectivity index (χ2v) is 3.84. The average Bonchev–Trinajstić information content (AvgIpc) is 2.52. The minimum absolute atomic E-state index is 0.350. The highest BCUT2D eigenvalue weighted by atomic mass is 79.9. The van der Waals surface area contributed by atoms with Crippen LogP contribution < -0.4 is 0 Å². The molecular formula is C8H5BrFN3S. The van der Waals surface area contributed by atoms with Gasteiger partial charge in [-0.2, -0.15) is 5.10 Å². The summed E-state index contributed by atoms with van der Waals surface area (Å²) in [6, 6.07) is 4.73. The van der Waals surface area contributed by atoms with E-state index < -0.39 is 0 Å². The average molecular weight is 274 g/mol. The van der Waals surface area contributed by atoms with Crippen molar-refractivity contribution in [2.45, 2.75) is 0 Å². The maximum absolute atomic E-state index is 13.5. The third-order valence-corrected chi connectivity index (χ3v) is 2.66. The Hall–Kier alpha value is -1.01. The van der Waals surface area contributed by atoms with Gasteiger partial charge >= 0.3 is 0 Å². The van der Waals surface area contributed by atoms with Crippen molar-refractivity contribution in [3.63, 3.8) is 0 Å². The maximum atomic E-state index is 13.5. The second-order valence-electron chi connectivity index (χ2n) is 2.60. The standard InChI is InChI=1S/C8H5BrFN3S/c9-5-2-1-3-6(10)7(5)13-4-11-12-8(13)14/h1-4H,(H,12,14). The van der Waals surface area contributed by atoms with Crippen LogP contribution in [0.25, 0.3) is 5.69 Å². The Kier molecular flexibility index (Phi) is 2.47. The summed E-state index contributed by atoms with van der Waals surface area (Å²) in [6.45, 7) is 0. The summed E-state index contributed by atoms with van der Waals surface area (Å²) < 4.78 is 15.9. The van der Waals surface area contributed by atoms with Gasteiger partial charge in [-0.15, -0.1) is 0 Å². The molecule has 0 fully saturated rings. The summed E-state index contributed by atoms with van der Waals surface area (Å²) in [5.41, 5.74) is 0.367. The van der Waals surface area contributed by atoms with Crippen LogP contribution in [-0.2, 0) is 0 Å². The Morgan fingerprint density at radius 2 is 2.29 bits per heavy atom. The predicted octanol–water partition coefficient (Wildman–Crippen LogP) is 2.83. The highest BCUT2D eigenvalue weighted by Gasteiger charge is 2.09. The zero-order valence-corrected chi connectivity index (χ0v) is 9.27. The van der Waals surface area contributed by atoms with Crippen LogP contribution in [0.5, 0.6) is 0 Å². The first-order chi connectivity index (χ1) is 6.70. The van der Waals surface area contributed by atoms with Crippen LogP contribution >= 0.6 is 28.1 Å². The van der Waals surface area contributed by atoms with Crippen molar-refractivity contribution in [1.82, 2.24) is 14.8 Å². The lowest BCUT2D eigenvalue weighted by atomic mass is 10.3. The van der Waals surface area contributed by atoms with Gasteiger partial charge in [0.2, 0.25) is 0 Å². The van der Waals surface area contributed by atoms with Crippen molar-refractivity contribution >= 4 is 28.1 Å². The highest BCUT2D eigenvalue weighted by Crippen LogP contribution is 2.23. The lowest BCUT2D eigenvalue weighted by Gasteiger charge is -2.04. The van der Waals surface area contributed by atoms with Gasteiger partial charge < -0.3 is 0 Å². The smallest absolute Gasteiger partial charge is 0.199 e. The molecule has 1 N–H and O–H groups in total.